The fraction of sp³-hybridized carbons (Fsp3) is 0. The van der Waals surface area contributed by atoms with Crippen LogP contribution in [0.4, 0.5) is 0 Å². The first kappa shape index (κ1) is 29.5. The zero-order chi connectivity index (χ0) is 15.1. The molecule has 0 aromatic heterocycles. The van der Waals surface area contributed by atoms with E-state index < -0.39 is 0 Å². The van der Waals surface area contributed by atoms with Crippen molar-refractivity contribution in [2.45, 2.75) is 0 Å². The average Bonchev–Trinajstić information content (AvgIpc) is 2.50. The maximum atomic E-state index is 7.50. The summed E-state index contributed by atoms with van der Waals surface area (Å²) in [7, 11) is 0. The summed E-state index contributed by atoms with van der Waals surface area (Å²) in [5, 5.41) is 0. The summed E-state index contributed by atoms with van der Waals surface area (Å²) in [6.07, 6.45) is 0. The molecular weight excluding hydrogens is 396 g/mol. The van der Waals surface area contributed by atoms with Crippen LogP contribution in [-0.2, 0) is 43.8 Å². The van der Waals surface area contributed by atoms with Crippen LogP contribution < -0.4 is 3.95 Å². The van der Waals surface area contributed by atoms with E-state index in [4.69, 9.17) is 24.0 Å². The molecule has 5 nitrogen and oxygen atoms in total. The summed E-state index contributed by atoms with van der Waals surface area (Å²) in [4.78, 5) is 37.5. The van der Waals surface area contributed by atoms with Crippen LogP contribution in [0.15, 0.2) is 30.3 Å². The van der Waals surface area contributed by atoms with Crippen molar-refractivity contribution < 1.29 is 43.8 Å². The van der Waals surface area contributed by atoms with Gasteiger partial charge in [-0.25, -0.2) is 0 Å². The second-order valence-corrected chi connectivity index (χ2v) is 3.01. The summed E-state index contributed by atoms with van der Waals surface area (Å²) < 4.78 is 1.41. The molecule has 0 atom stereocenters. The van der Waals surface area contributed by atoms with Crippen LogP contribution in [0, 0.1) is 0 Å². The van der Waals surface area contributed by atoms with E-state index in [0.29, 0.717) is 0 Å². The minimum atomic E-state index is 1.41. The van der Waals surface area contributed by atoms with E-state index in [1.807, 2.05) is 6.07 Å². The molecule has 0 amide bonds. The molecule has 0 fully saturated rings. The molecule has 0 aliphatic heterocycles. The van der Waals surface area contributed by atoms with Gasteiger partial charge in [0.1, 0.15) is 0 Å². The number of benzene rings is 1. The zero-order valence-electron chi connectivity index (χ0n) is 8.34. The zero-order valence-corrected chi connectivity index (χ0v) is 11.3. The SMILES string of the molecule is [C]=O.[C]=O.[C]=O.[C]=O.[C]=O.[W][c]1ccccc1. The van der Waals surface area contributed by atoms with Crippen LogP contribution in [-0.4, -0.2) is 33.9 Å². The average molecular weight is 401 g/mol. The first-order chi connectivity index (χ1) is 8.39. The van der Waals surface area contributed by atoms with Gasteiger partial charge in [0.15, 0.2) is 0 Å². The summed E-state index contributed by atoms with van der Waals surface area (Å²) in [6, 6.07) is 10.4. The van der Waals surface area contributed by atoms with E-state index in [9.17, 15) is 0 Å². The van der Waals surface area contributed by atoms with Crippen LogP contribution in [0.1, 0.15) is 0 Å². The van der Waals surface area contributed by atoms with Crippen LogP contribution in [0.5, 0.6) is 0 Å². The Morgan fingerprint density at radius 1 is 0.588 bits per heavy atom. The van der Waals surface area contributed by atoms with Gasteiger partial charge in [-0.1, -0.05) is 0 Å². The van der Waals surface area contributed by atoms with Crippen molar-refractivity contribution in [3.05, 3.63) is 30.3 Å². The predicted octanol–water partition coefficient (Wildman–Crippen LogP) is -1.13. The van der Waals surface area contributed by atoms with Crippen LogP contribution in [0.3, 0.4) is 0 Å². The molecule has 0 unspecified atom stereocenters. The molecule has 1 rings (SSSR count). The Morgan fingerprint density at radius 2 is 0.824 bits per heavy atom. The third-order valence-corrected chi connectivity index (χ3v) is 1.72. The molecule has 17 heavy (non-hydrogen) atoms. The Hall–Kier alpha value is -1.74. The van der Waals surface area contributed by atoms with Crippen molar-refractivity contribution in [1.29, 1.82) is 0 Å². The van der Waals surface area contributed by atoms with Crippen molar-refractivity contribution in [2.75, 3.05) is 0 Å². The van der Waals surface area contributed by atoms with Crippen LogP contribution in [0.2, 0.25) is 0 Å². The molecule has 0 bridgehead atoms. The van der Waals surface area contributed by atoms with Crippen molar-refractivity contribution >= 4 is 37.9 Å². The third-order valence-electron chi connectivity index (χ3n) is 0.743. The van der Waals surface area contributed by atoms with Crippen molar-refractivity contribution in [3.8, 4) is 0 Å². The van der Waals surface area contributed by atoms with Crippen molar-refractivity contribution in [1.82, 2.24) is 0 Å². The molecule has 85 valence electrons. The Balaban J connectivity index is -0.0000000413. The minimum absolute atomic E-state index is 1.41. The Morgan fingerprint density at radius 3 is 0.941 bits per heavy atom. The predicted molar refractivity (Wildman–Crippen MR) is 54.5 cm³/mol. The van der Waals surface area contributed by atoms with E-state index in [0.717, 1.165) is 0 Å². The third kappa shape index (κ3) is 54.7. The quantitative estimate of drug-likeness (QED) is 0.550. The maximum absolute atomic E-state index is 7.50. The second kappa shape index (κ2) is 64.0. The van der Waals surface area contributed by atoms with Gasteiger partial charge >= 0.3 is 54.1 Å². The summed E-state index contributed by atoms with van der Waals surface area (Å²) in [5.41, 5.74) is 0. The van der Waals surface area contributed by atoms with Gasteiger partial charge in [0.25, 0.3) is 33.9 Å². The van der Waals surface area contributed by atoms with Crippen LogP contribution in [0.25, 0.3) is 0 Å². The van der Waals surface area contributed by atoms with E-state index in [1.165, 1.54) is 23.8 Å². The second-order valence-electron chi connectivity index (χ2n) is 1.31. The normalized spacial score (nSPS) is 4.71. The van der Waals surface area contributed by atoms with Gasteiger partial charge in [-0.15, -0.1) is 0 Å². The molecule has 10 radical (unpaired) electrons. The van der Waals surface area contributed by atoms with Gasteiger partial charge < -0.3 is 0 Å². The fourth-order valence-corrected chi connectivity index (χ4v) is 0.985. The monoisotopic (exact) mass is 401 g/mol. The fourth-order valence-electron chi connectivity index (χ4n) is 0.420. The summed E-state index contributed by atoms with van der Waals surface area (Å²) >= 11 is 1.54. The number of carbonyl (C=O) groups excluding carboxylic acids is 5. The number of rotatable bonds is 0. The molecule has 0 spiro atoms. The van der Waals surface area contributed by atoms with Gasteiger partial charge in [-0.2, -0.15) is 0 Å². The Kier molecular flexibility index (Phi) is 111. The Bertz CT molecular complexity index is 197. The van der Waals surface area contributed by atoms with E-state index >= 15 is 0 Å². The first-order valence-corrected chi connectivity index (χ1v) is 4.60. The van der Waals surface area contributed by atoms with Gasteiger partial charge in [-0.05, 0) is 0 Å². The number of hydrogen-bond donors (Lipinski definition) is 0. The molecular formula is C11H5O5W. The Labute approximate surface area is 112 Å². The van der Waals surface area contributed by atoms with Gasteiger partial charge in [0, 0.05) is 0 Å². The standard InChI is InChI=1S/C6H5.5CO.W/c1-2-4-6-5-3-1;5*1-2;/h1-5H;;;;;;. The van der Waals surface area contributed by atoms with Crippen molar-refractivity contribution in [3.63, 3.8) is 0 Å². The van der Waals surface area contributed by atoms with Gasteiger partial charge in [0.2, 0.25) is 0 Å². The molecule has 0 aliphatic rings. The van der Waals surface area contributed by atoms with Gasteiger partial charge in [0.05, 0.1) is 0 Å². The summed E-state index contributed by atoms with van der Waals surface area (Å²) in [6.45, 7) is 22.5. The van der Waals surface area contributed by atoms with E-state index in [1.54, 1.807) is 0 Å². The van der Waals surface area contributed by atoms with Crippen molar-refractivity contribution in [2.24, 2.45) is 0 Å². The first-order valence-electron chi connectivity index (χ1n) is 3.14. The molecule has 6 heteroatoms. The molecule has 0 N–H and O–H groups in total. The molecule has 1 aromatic rings. The molecule has 0 aliphatic carbocycles. The topological polar surface area (TPSA) is 85.3 Å². The van der Waals surface area contributed by atoms with Crippen LogP contribution >= 0.6 is 0 Å². The molecule has 1 aromatic carbocycles. The molecule has 0 saturated heterocycles. The number of hydrogen-bond acceptors (Lipinski definition) is 5. The van der Waals surface area contributed by atoms with Gasteiger partial charge in [-0.3, -0.25) is 24.0 Å². The molecule has 0 saturated carbocycles. The van der Waals surface area contributed by atoms with E-state index in [2.05, 4.69) is 58.2 Å². The van der Waals surface area contributed by atoms with E-state index in [-0.39, 0.29) is 0 Å². The summed E-state index contributed by atoms with van der Waals surface area (Å²) in [5.74, 6) is 0. The molecule has 0 heterocycles.